The van der Waals surface area contributed by atoms with Gasteiger partial charge in [-0.3, -0.25) is 9.79 Å². The van der Waals surface area contributed by atoms with Crippen LogP contribution in [0.5, 0.6) is 5.75 Å². The van der Waals surface area contributed by atoms with E-state index in [4.69, 9.17) is 14.8 Å². The molecule has 3 rings (SSSR count). The fraction of sp³-hybridized carbons (Fsp3) is 0.455. The molecule has 2 aliphatic rings. The number of aliphatic imine (C=N–C) groups is 1. The number of rotatable bonds is 9. The fourth-order valence-corrected chi connectivity index (χ4v) is 4.70. The van der Waals surface area contributed by atoms with Crippen molar-refractivity contribution in [2.24, 2.45) is 16.8 Å². The molecule has 1 aliphatic carbocycles. The summed E-state index contributed by atoms with van der Waals surface area (Å²) in [5, 5.41) is 30.3. The summed E-state index contributed by atoms with van der Waals surface area (Å²) >= 11 is 1.62. The van der Waals surface area contributed by atoms with Crippen molar-refractivity contribution in [1.29, 1.82) is 0 Å². The highest BCUT2D eigenvalue weighted by Crippen LogP contribution is 2.43. The van der Waals surface area contributed by atoms with E-state index in [-0.39, 0.29) is 30.9 Å². The molecule has 0 amide bonds. The predicted molar refractivity (Wildman–Crippen MR) is 114 cm³/mol. The molecule has 0 radical (unpaired) electrons. The van der Waals surface area contributed by atoms with E-state index in [0.717, 1.165) is 11.5 Å². The van der Waals surface area contributed by atoms with E-state index < -0.39 is 18.2 Å². The topological polar surface area (TPSA) is 99.4 Å². The van der Waals surface area contributed by atoms with Crippen molar-refractivity contribution in [3.63, 3.8) is 0 Å². The van der Waals surface area contributed by atoms with Crippen LogP contribution < -0.4 is 4.74 Å². The maximum absolute atomic E-state index is 10.5. The van der Waals surface area contributed by atoms with Crippen molar-refractivity contribution in [3.8, 4) is 5.75 Å². The van der Waals surface area contributed by atoms with Crippen LogP contribution in [0.25, 0.3) is 0 Å². The highest BCUT2D eigenvalue weighted by atomic mass is 32.2. The summed E-state index contributed by atoms with van der Waals surface area (Å²) in [5.41, 5.74) is 0. The first kappa shape index (κ1) is 21.6. The van der Waals surface area contributed by atoms with E-state index in [0.29, 0.717) is 17.9 Å². The van der Waals surface area contributed by atoms with Crippen molar-refractivity contribution in [2.45, 2.75) is 37.5 Å². The van der Waals surface area contributed by atoms with E-state index in [9.17, 15) is 15.0 Å². The first-order valence-corrected chi connectivity index (χ1v) is 10.8. The van der Waals surface area contributed by atoms with Crippen molar-refractivity contribution in [1.82, 2.24) is 0 Å². The van der Waals surface area contributed by atoms with Gasteiger partial charge in [0.1, 0.15) is 18.5 Å². The molecule has 1 saturated carbocycles. The molecule has 5 atom stereocenters. The summed E-state index contributed by atoms with van der Waals surface area (Å²) in [6.45, 7) is 0.164. The van der Waals surface area contributed by atoms with Gasteiger partial charge in [0.25, 0.3) is 0 Å². The van der Waals surface area contributed by atoms with Crippen LogP contribution in [-0.2, 0) is 4.79 Å². The second-order valence-electron chi connectivity index (χ2n) is 7.30. The summed E-state index contributed by atoms with van der Waals surface area (Å²) < 4.78 is 5.56. The quantitative estimate of drug-likeness (QED) is 0.534. The summed E-state index contributed by atoms with van der Waals surface area (Å²) in [7, 11) is 0. The number of hydrogen-bond acceptors (Lipinski definition) is 6. The van der Waals surface area contributed by atoms with E-state index in [2.05, 4.69) is 0 Å². The molecule has 7 heteroatoms. The van der Waals surface area contributed by atoms with Crippen LogP contribution in [0.15, 0.2) is 59.6 Å². The largest absolute Gasteiger partial charge is 0.491 e. The van der Waals surface area contributed by atoms with Crippen LogP contribution >= 0.6 is 11.8 Å². The number of benzene rings is 1. The number of nitrogens with zero attached hydrogens (tertiary/aromatic N) is 1. The zero-order valence-corrected chi connectivity index (χ0v) is 16.9. The monoisotopic (exact) mass is 417 g/mol. The third-order valence-corrected chi connectivity index (χ3v) is 6.13. The zero-order valence-electron chi connectivity index (χ0n) is 16.1. The minimum absolute atomic E-state index is 0.0317. The average molecular weight is 418 g/mol. The van der Waals surface area contributed by atoms with Gasteiger partial charge in [-0.1, -0.05) is 42.5 Å². The number of carbonyl (C=O) groups is 1. The van der Waals surface area contributed by atoms with Gasteiger partial charge < -0.3 is 20.1 Å². The Morgan fingerprint density at radius 2 is 2.10 bits per heavy atom. The highest BCUT2D eigenvalue weighted by molar-refractivity contribution is 8.14. The summed E-state index contributed by atoms with van der Waals surface area (Å²) in [6.07, 6.45) is 7.41. The van der Waals surface area contributed by atoms with Gasteiger partial charge in [-0.25, -0.2) is 0 Å². The molecule has 1 aromatic rings. The lowest BCUT2D eigenvalue weighted by Crippen LogP contribution is -2.20. The van der Waals surface area contributed by atoms with Crippen LogP contribution in [0, 0.1) is 11.8 Å². The van der Waals surface area contributed by atoms with Crippen molar-refractivity contribution >= 4 is 22.8 Å². The smallest absolute Gasteiger partial charge is 0.307 e. The molecule has 4 unspecified atom stereocenters. The Morgan fingerprint density at radius 3 is 2.86 bits per heavy atom. The van der Waals surface area contributed by atoms with Gasteiger partial charge in [0, 0.05) is 18.1 Å². The van der Waals surface area contributed by atoms with Crippen molar-refractivity contribution < 1.29 is 24.9 Å². The van der Waals surface area contributed by atoms with Gasteiger partial charge in [-0.15, -0.1) is 11.8 Å². The van der Waals surface area contributed by atoms with Gasteiger partial charge in [0.05, 0.1) is 23.6 Å². The van der Waals surface area contributed by atoms with Crippen LogP contribution in [0.4, 0.5) is 0 Å². The van der Waals surface area contributed by atoms with E-state index in [1.165, 1.54) is 0 Å². The zero-order chi connectivity index (χ0) is 20.6. The SMILES string of the molecule is O=C(O)CC=CCSC1=NC2CC(O)C(C=C[C@H](O)COc3ccccc3)C2C1. The van der Waals surface area contributed by atoms with E-state index in [1.807, 2.05) is 42.5 Å². The maximum atomic E-state index is 10.5. The molecule has 1 aliphatic heterocycles. The van der Waals surface area contributed by atoms with Crippen molar-refractivity contribution in [3.05, 3.63) is 54.6 Å². The number of carboxylic acids is 1. The van der Waals surface area contributed by atoms with E-state index >= 15 is 0 Å². The van der Waals surface area contributed by atoms with Crippen molar-refractivity contribution in [2.75, 3.05) is 12.4 Å². The number of fused-ring (bicyclic) bond motifs is 1. The lowest BCUT2D eigenvalue weighted by molar-refractivity contribution is -0.136. The summed E-state index contributed by atoms with van der Waals surface area (Å²) in [4.78, 5) is 15.2. The standard InChI is InChI=1S/C22H27NO5S/c24-15(14-28-16-6-2-1-3-7-16)9-10-17-18-12-21(23-19(18)13-20(17)25)29-11-5-4-8-22(26)27/h1-7,9-10,15,17-20,24-25H,8,11-14H2,(H,26,27)/t15-,17?,18?,19?,20?/m0/s1. The maximum Gasteiger partial charge on any atom is 0.307 e. The molecule has 1 heterocycles. The van der Waals surface area contributed by atoms with Gasteiger partial charge in [-0.05, 0) is 24.5 Å². The number of hydrogen-bond donors (Lipinski definition) is 3. The normalized spacial score (nSPS) is 27.3. The Bertz CT molecular complexity index is 764. The number of aliphatic hydroxyl groups is 2. The molecule has 0 bridgehead atoms. The Balaban J connectivity index is 1.45. The van der Waals surface area contributed by atoms with Gasteiger partial charge in [-0.2, -0.15) is 0 Å². The number of ether oxygens (including phenoxy) is 1. The Kier molecular flexibility index (Phi) is 7.91. The molecular weight excluding hydrogens is 390 g/mol. The minimum atomic E-state index is -0.834. The summed E-state index contributed by atoms with van der Waals surface area (Å²) in [6, 6.07) is 9.46. The van der Waals surface area contributed by atoms with Gasteiger partial charge in [0.15, 0.2) is 0 Å². The fourth-order valence-electron chi connectivity index (χ4n) is 3.76. The molecule has 6 nitrogen and oxygen atoms in total. The first-order chi connectivity index (χ1) is 14.0. The Labute approximate surface area is 175 Å². The third-order valence-electron chi connectivity index (χ3n) is 5.16. The molecule has 0 saturated heterocycles. The minimum Gasteiger partial charge on any atom is -0.491 e. The number of carboxylic acid groups (broad SMARTS) is 1. The number of thioether (sulfide) groups is 1. The predicted octanol–water partition coefficient (Wildman–Crippen LogP) is 2.91. The molecule has 1 aromatic carbocycles. The van der Waals surface area contributed by atoms with Gasteiger partial charge >= 0.3 is 5.97 Å². The second-order valence-corrected chi connectivity index (χ2v) is 8.39. The Hall–Kier alpha value is -2.09. The molecule has 3 N–H and O–H groups in total. The lowest BCUT2D eigenvalue weighted by atomic mass is 9.91. The molecule has 29 heavy (non-hydrogen) atoms. The van der Waals surface area contributed by atoms with Crippen LogP contribution in [-0.4, -0.2) is 56.9 Å². The van der Waals surface area contributed by atoms with Gasteiger partial charge in [0.2, 0.25) is 0 Å². The number of aliphatic hydroxyl groups excluding tert-OH is 2. The summed E-state index contributed by atoms with van der Waals surface area (Å²) in [5.74, 6) is 0.789. The molecule has 156 valence electrons. The van der Waals surface area contributed by atoms with Crippen LogP contribution in [0.1, 0.15) is 19.3 Å². The Morgan fingerprint density at radius 1 is 1.31 bits per heavy atom. The molecular formula is C22H27NO5S. The van der Waals surface area contributed by atoms with Crippen LogP contribution in [0.2, 0.25) is 0 Å². The van der Waals surface area contributed by atoms with E-state index in [1.54, 1.807) is 23.9 Å². The molecule has 0 spiro atoms. The number of para-hydroxylation sites is 1. The first-order valence-electron chi connectivity index (χ1n) is 9.81. The second kappa shape index (κ2) is 10.6. The third kappa shape index (κ3) is 6.45. The highest BCUT2D eigenvalue weighted by Gasteiger charge is 2.44. The molecule has 1 fully saturated rings. The lowest BCUT2D eigenvalue weighted by Gasteiger charge is -2.17. The molecule has 0 aromatic heterocycles. The van der Waals surface area contributed by atoms with Crippen LogP contribution in [0.3, 0.4) is 0 Å². The average Bonchev–Trinajstić information content (AvgIpc) is 3.21. The number of aliphatic carboxylic acids is 1.